The van der Waals surface area contributed by atoms with Crippen LogP contribution in [0.4, 0.5) is 14.9 Å². The lowest BCUT2D eigenvalue weighted by molar-refractivity contribution is -0.141. The van der Waals surface area contributed by atoms with E-state index in [1.165, 1.54) is 23.1 Å². The average Bonchev–Trinajstić information content (AvgIpc) is 2.82. The minimum absolute atomic E-state index is 0.375. The van der Waals surface area contributed by atoms with Crippen molar-refractivity contribution in [3.8, 4) is 0 Å². The molecule has 0 spiro atoms. The highest BCUT2D eigenvalue weighted by molar-refractivity contribution is 5.93. The standard InChI is InChI=1S/C13H15FN2O3/c1-8-7-9(14)4-5-10(8)15-13(19)16-6-2-3-11(16)12(17)18/h4-5,7,11H,2-3,6H2,1H3,(H,15,19)(H,17,18). The van der Waals surface area contributed by atoms with Gasteiger partial charge in [-0.3, -0.25) is 0 Å². The molecule has 0 radical (unpaired) electrons. The van der Waals surface area contributed by atoms with Crippen LogP contribution in [0, 0.1) is 12.7 Å². The second-order valence-corrected chi connectivity index (χ2v) is 4.58. The summed E-state index contributed by atoms with van der Waals surface area (Å²) in [5, 5.41) is 11.6. The number of carbonyl (C=O) groups is 2. The molecule has 1 heterocycles. The predicted molar refractivity (Wildman–Crippen MR) is 67.5 cm³/mol. The van der Waals surface area contributed by atoms with Gasteiger partial charge in [0, 0.05) is 12.2 Å². The van der Waals surface area contributed by atoms with Gasteiger partial charge in [-0.25, -0.2) is 14.0 Å². The fourth-order valence-electron chi connectivity index (χ4n) is 2.22. The summed E-state index contributed by atoms with van der Waals surface area (Å²) in [5.74, 6) is -1.37. The molecule has 6 heteroatoms. The highest BCUT2D eigenvalue weighted by atomic mass is 19.1. The molecule has 19 heavy (non-hydrogen) atoms. The topological polar surface area (TPSA) is 69.6 Å². The number of likely N-dealkylation sites (tertiary alicyclic amines) is 1. The third-order valence-corrected chi connectivity index (χ3v) is 3.23. The molecule has 102 valence electrons. The molecule has 0 aromatic heterocycles. The number of anilines is 1. The Balaban J connectivity index is 2.10. The van der Waals surface area contributed by atoms with E-state index < -0.39 is 18.0 Å². The van der Waals surface area contributed by atoms with Gasteiger partial charge >= 0.3 is 12.0 Å². The maximum atomic E-state index is 13.0. The van der Waals surface area contributed by atoms with Crippen molar-refractivity contribution in [3.63, 3.8) is 0 Å². The van der Waals surface area contributed by atoms with Gasteiger partial charge in [0.25, 0.3) is 0 Å². The Labute approximate surface area is 110 Å². The summed E-state index contributed by atoms with van der Waals surface area (Å²) >= 11 is 0. The van der Waals surface area contributed by atoms with Crippen LogP contribution in [0.5, 0.6) is 0 Å². The van der Waals surface area contributed by atoms with Crippen molar-refractivity contribution < 1.29 is 19.1 Å². The van der Waals surface area contributed by atoms with Gasteiger partial charge in [0.15, 0.2) is 0 Å². The lowest BCUT2D eigenvalue weighted by Gasteiger charge is -2.22. The molecule has 0 saturated carbocycles. The second-order valence-electron chi connectivity index (χ2n) is 4.58. The number of carbonyl (C=O) groups excluding carboxylic acids is 1. The summed E-state index contributed by atoms with van der Waals surface area (Å²) in [6, 6.07) is 2.80. The summed E-state index contributed by atoms with van der Waals surface area (Å²) < 4.78 is 13.0. The van der Waals surface area contributed by atoms with Crippen LogP contribution in [0.25, 0.3) is 0 Å². The van der Waals surface area contributed by atoms with Crippen LogP contribution in [0.3, 0.4) is 0 Å². The fraction of sp³-hybridized carbons (Fsp3) is 0.385. The van der Waals surface area contributed by atoms with Gasteiger partial charge in [0.1, 0.15) is 11.9 Å². The summed E-state index contributed by atoms with van der Waals surface area (Å²) in [5.41, 5.74) is 1.09. The molecule has 2 amide bonds. The third-order valence-electron chi connectivity index (χ3n) is 3.23. The largest absolute Gasteiger partial charge is 0.480 e. The minimum Gasteiger partial charge on any atom is -0.480 e. The highest BCUT2D eigenvalue weighted by Gasteiger charge is 2.34. The number of carboxylic acids is 1. The number of nitrogens with zero attached hydrogens (tertiary/aromatic N) is 1. The van der Waals surface area contributed by atoms with Crippen molar-refractivity contribution >= 4 is 17.7 Å². The smallest absolute Gasteiger partial charge is 0.326 e. The number of halogens is 1. The Morgan fingerprint density at radius 2 is 2.21 bits per heavy atom. The van der Waals surface area contributed by atoms with Crippen molar-refractivity contribution in [2.45, 2.75) is 25.8 Å². The number of carboxylic acid groups (broad SMARTS) is 1. The van der Waals surface area contributed by atoms with E-state index in [9.17, 15) is 14.0 Å². The zero-order chi connectivity index (χ0) is 14.0. The van der Waals surface area contributed by atoms with Gasteiger partial charge in [-0.2, -0.15) is 0 Å². The summed E-state index contributed by atoms with van der Waals surface area (Å²) in [6.07, 6.45) is 1.14. The predicted octanol–water partition coefficient (Wildman–Crippen LogP) is 2.22. The molecule has 1 atom stereocenters. The number of rotatable bonds is 2. The van der Waals surface area contributed by atoms with Gasteiger partial charge in [-0.15, -0.1) is 0 Å². The van der Waals surface area contributed by atoms with E-state index in [4.69, 9.17) is 5.11 Å². The zero-order valence-electron chi connectivity index (χ0n) is 10.5. The van der Waals surface area contributed by atoms with Crippen molar-refractivity contribution in [1.82, 2.24) is 4.90 Å². The minimum atomic E-state index is -0.997. The van der Waals surface area contributed by atoms with Crippen molar-refractivity contribution in [2.24, 2.45) is 0 Å². The molecule has 1 aliphatic heterocycles. The summed E-state index contributed by atoms with van der Waals surface area (Å²) in [7, 11) is 0. The number of aliphatic carboxylic acids is 1. The van der Waals surface area contributed by atoms with Crippen molar-refractivity contribution in [1.29, 1.82) is 0 Å². The van der Waals surface area contributed by atoms with Crippen molar-refractivity contribution in [2.75, 3.05) is 11.9 Å². The fourth-order valence-corrected chi connectivity index (χ4v) is 2.22. The van der Waals surface area contributed by atoms with Gasteiger partial charge in [0.2, 0.25) is 0 Å². The molecule has 1 unspecified atom stereocenters. The SMILES string of the molecule is Cc1cc(F)ccc1NC(=O)N1CCCC1C(=O)O. The molecule has 0 bridgehead atoms. The number of benzene rings is 1. The lowest BCUT2D eigenvalue weighted by atomic mass is 10.2. The first-order valence-corrected chi connectivity index (χ1v) is 6.05. The lowest BCUT2D eigenvalue weighted by Crippen LogP contribution is -2.42. The van der Waals surface area contributed by atoms with Crippen LogP contribution in [0.2, 0.25) is 0 Å². The molecular formula is C13H15FN2O3. The zero-order valence-corrected chi connectivity index (χ0v) is 10.5. The van der Waals surface area contributed by atoms with Crippen LogP contribution in [-0.2, 0) is 4.79 Å². The Morgan fingerprint density at radius 1 is 1.47 bits per heavy atom. The van der Waals surface area contributed by atoms with Gasteiger partial charge in [-0.1, -0.05) is 0 Å². The van der Waals surface area contributed by atoms with Gasteiger partial charge in [0.05, 0.1) is 0 Å². The number of nitrogens with one attached hydrogen (secondary N) is 1. The Morgan fingerprint density at radius 3 is 2.84 bits per heavy atom. The normalized spacial score (nSPS) is 18.4. The van der Waals surface area contributed by atoms with Gasteiger partial charge < -0.3 is 15.3 Å². The van der Waals surface area contributed by atoms with E-state index in [2.05, 4.69) is 5.32 Å². The Bertz CT molecular complexity index is 519. The first kappa shape index (κ1) is 13.3. The monoisotopic (exact) mass is 266 g/mol. The number of aryl methyl sites for hydroxylation is 1. The maximum absolute atomic E-state index is 13.0. The number of hydrogen-bond donors (Lipinski definition) is 2. The molecule has 5 nitrogen and oxygen atoms in total. The average molecular weight is 266 g/mol. The van der Waals surface area contributed by atoms with E-state index in [-0.39, 0.29) is 5.82 Å². The molecule has 1 fully saturated rings. The Kier molecular flexibility index (Phi) is 3.69. The second kappa shape index (κ2) is 5.26. The highest BCUT2D eigenvalue weighted by Crippen LogP contribution is 2.21. The quantitative estimate of drug-likeness (QED) is 0.862. The first-order valence-electron chi connectivity index (χ1n) is 6.05. The third kappa shape index (κ3) is 2.83. The number of urea groups is 1. The molecule has 0 aliphatic carbocycles. The summed E-state index contributed by atoms with van der Waals surface area (Å²) in [6.45, 7) is 2.10. The van der Waals surface area contributed by atoms with E-state index in [1.807, 2.05) is 0 Å². The van der Waals surface area contributed by atoms with Crippen LogP contribution in [0.1, 0.15) is 18.4 Å². The molecule has 1 saturated heterocycles. The maximum Gasteiger partial charge on any atom is 0.326 e. The molecule has 2 N–H and O–H groups in total. The first-order chi connectivity index (χ1) is 8.99. The van der Waals surface area contributed by atoms with E-state index in [0.717, 1.165) is 0 Å². The van der Waals surface area contributed by atoms with Crippen LogP contribution < -0.4 is 5.32 Å². The van der Waals surface area contributed by atoms with Crippen LogP contribution in [-0.4, -0.2) is 34.6 Å². The van der Waals surface area contributed by atoms with E-state index in [0.29, 0.717) is 30.6 Å². The number of hydrogen-bond acceptors (Lipinski definition) is 2. The Hall–Kier alpha value is -2.11. The van der Waals surface area contributed by atoms with Crippen molar-refractivity contribution in [3.05, 3.63) is 29.6 Å². The number of amides is 2. The van der Waals surface area contributed by atoms with Crippen LogP contribution in [0.15, 0.2) is 18.2 Å². The summed E-state index contributed by atoms with van der Waals surface area (Å²) in [4.78, 5) is 24.3. The molecule has 2 rings (SSSR count). The van der Waals surface area contributed by atoms with E-state index >= 15 is 0 Å². The molecular weight excluding hydrogens is 251 g/mol. The molecule has 1 aromatic carbocycles. The molecule has 1 aromatic rings. The molecule has 1 aliphatic rings. The van der Waals surface area contributed by atoms with Crippen LogP contribution >= 0.6 is 0 Å². The van der Waals surface area contributed by atoms with E-state index in [1.54, 1.807) is 6.92 Å². The van der Waals surface area contributed by atoms with Gasteiger partial charge in [-0.05, 0) is 43.5 Å².